The van der Waals surface area contributed by atoms with Gasteiger partial charge in [0, 0.05) is 76.4 Å². The van der Waals surface area contributed by atoms with E-state index in [0.29, 0.717) is 38.3 Å². The number of ether oxygens (including phenoxy) is 4. The Hall–Kier alpha value is -8.21. The second-order valence-electron chi connectivity index (χ2n) is 26.4. The van der Waals surface area contributed by atoms with Crippen molar-refractivity contribution >= 4 is 68.5 Å². The van der Waals surface area contributed by atoms with Gasteiger partial charge in [0.05, 0.1) is 49.3 Å². The number of aromatic carboxylic acids is 1. The number of benzene rings is 7. The smallest absolute Gasteiger partial charge is 0.335 e. The summed E-state index contributed by atoms with van der Waals surface area (Å²) in [6, 6.07) is 55.9. The molecule has 0 fully saturated rings. The van der Waals surface area contributed by atoms with Crippen molar-refractivity contribution in [1.29, 1.82) is 0 Å². The summed E-state index contributed by atoms with van der Waals surface area (Å²) in [6.07, 6.45) is 20.1. The van der Waals surface area contributed by atoms with Gasteiger partial charge >= 0.3 is 5.97 Å². The maximum atomic E-state index is 11.6. The maximum absolute atomic E-state index is 11.6. The highest BCUT2D eigenvalue weighted by Crippen LogP contribution is 2.63. The summed E-state index contributed by atoms with van der Waals surface area (Å²) in [6.45, 7) is 20.9. The summed E-state index contributed by atoms with van der Waals surface area (Å²) < 4.78 is 35.2. The molecule has 2 unspecified atom stereocenters. The Labute approximate surface area is 595 Å². The van der Waals surface area contributed by atoms with Crippen molar-refractivity contribution in [2.24, 2.45) is 11.8 Å². The molecule has 3 heterocycles. The van der Waals surface area contributed by atoms with Gasteiger partial charge in [-0.25, -0.2) is 4.79 Å². The molecule has 0 aliphatic heterocycles. The predicted molar refractivity (Wildman–Crippen MR) is 413 cm³/mol. The Morgan fingerprint density at radius 1 is 0.469 bits per heavy atom. The number of hydrogen-bond acceptors (Lipinski definition) is 11. The van der Waals surface area contributed by atoms with Gasteiger partial charge in [0.25, 0.3) is 0 Å². The van der Waals surface area contributed by atoms with Crippen molar-refractivity contribution in [3.63, 3.8) is 0 Å². The second kappa shape index (κ2) is 34.5. The van der Waals surface area contributed by atoms with Gasteiger partial charge in [-0.3, -0.25) is 0 Å². The topological polar surface area (TPSA) is 103 Å². The number of carboxylic acids is 1. The van der Waals surface area contributed by atoms with Crippen molar-refractivity contribution in [2.75, 3.05) is 31.3 Å². The quantitative estimate of drug-likeness (QED) is 0.0304. The van der Waals surface area contributed by atoms with Crippen LogP contribution in [0.3, 0.4) is 0 Å². The summed E-state index contributed by atoms with van der Waals surface area (Å²) in [7, 11) is 0. The van der Waals surface area contributed by atoms with Crippen LogP contribution in [0.25, 0.3) is 63.9 Å². The van der Waals surface area contributed by atoms with Crippen LogP contribution >= 0.6 is 34.4 Å². The van der Waals surface area contributed by atoms with E-state index in [9.17, 15) is 9.90 Å². The van der Waals surface area contributed by atoms with Gasteiger partial charge in [-0.2, -0.15) is 8.75 Å². The number of fused-ring (bicyclic) bond motifs is 4. The molecule has 3 aromatic heterocycles. The van der Waals surface area contributed by atoms with Crippen molar-refractivity contribution < 1.29 is 28.8 Å². The zero-order valence-corrected chi connectivity index (χ0v) is 61.2. The highest BCUT2D eigenvalue weighted by Gasteiger charge is 2.48. The van der Waals surface area contributed by atoms with Gasteiger partial charge in [-0.05, 0) is 187 Å². The fourth-order valence-electron chi connectivity index (χ4n) is 13.7. The Morgan fingerprint density at radius 2 is 0.908 bits per heavy atom. The molecule has 0 radical (unpaired) electrons. The molecule has 7 aromatic carbocycles. The number of unbranched alkanes of at least 4 members (excludes halogenated alkanes) is 6. The number of aromatic nitrogens is 2. The SMILES string of the molecule is CCCCOc1ccc(-c2ccc(N(c3ccc(-c4cc5c(s4)-c4sc(-c6ccc(C#Cc7ccc(C(=O)O)cc7)c7nsnc67)cc4C5(CC(CC)CCCC)CC(CC)CCCC)cc3)c3ccc(-c4ccc(OCCCC)cc4OCCCC)cc3)cc2)c(OCCCC)c1. The van der Waals surface area contributed by atoms with Gasteiger partial charge in [-0.15, -0.1) is 22.7 Å². The molecule has 12 heteroatoms. The first-order valence-electron chi connectivity index (χ1n) is 36.3. The highest BCUT2D eigenvalue weighted by molar-refractivity contribution is 7.26. The molecule has 0 spiro atoms. The Morgan fingerprint density at radius 3 is 1.38 bits per heavy atom. The van der Waals surface area contributed by atoms with Gasteiger partial charge in [-0.1, -0.05) is 181 Å². The van der Waals surface area contributed by atoms with Crippen molar-refractivity contribution in [2.45, 2.75) is 176 Å². The number of thiophene rings is 2. The van der Waals surface area contributed by atoms with Crippen LogP contribution in [0.1, 0.15) is 204 Å². The minimum absolute atomic E-state index is 0.160. The van der Waals surface area contributed by atoms with Crippen LogP contribution in [0.5, 0.6) is 23.0 Å². The summed E-state index contributed by atoms with van der Waals surface area (Å²) in [5.74, 6) is 10.2. The third kappa shape index (κ3) is 16.6. The molecule has 1 aliphatic rings. The van der Waals surface area contributed by atoms with Crippen molar-refractivity contribution in [1.82, 2.24) is 8.75 Å². The van der Waals surface area contributed by atoms with E-state index in [0.717, 1.165) is 167 Å². The van der Waals surface area contributed by atoms with Crippen molar-refractivity contribution in [3.8, 4) is 87.7 Å². The van der Waals surface area contributed by atoms with Crippen LogP contribution in [-0.4, -0.2) is 46.3 Å². The molecule has 510 valence electrons. The summed E-state index contributed by atoms with van der Waals surface area (Å²) in [5, 5.41) is 9.49. The van der Waals surface area contributed by atoms with Gasteiger partial charge in [0.15, 0.2) is 0 Å². The van der Waals surface area contributed by atoms with E-state index in [1.54, 1.807) is 24.3 Å². The zero-order valence-electron chi connectivity index (χ0n) is 58.8. The number of nitrogens with zero attached hydrogens (tertiary/aromatic N) is 3. The fraction of sp³-hybridized carbons (Fsp3) is 0.384. The normalized spacial score (nSPS) is 13.8. The van der Waals surface area contributed by atoms with Crippen molar-refractivity contribution in [3.05, 3.63) is 186 Å². The molecular formula is C86H97N3O6S3. The van der Waals surface area contributed by atoms with Crippen LogP contribution in [-0.2, 0) is 5.41 Å². The highest BCUT2D eigenvalue weighted by atomic mass is 32.1. The number of rotatable bonds is 36. The molecule has 9 nitrogen and oxygen atoms in total. The molecule has 10 aromatic rings. The van der Waals surface area contributed by atoms with E-state index in [2.05, 4.69) is 206 Å². The molecule has 0 amide bonds. The number of hydrogen-bond donors (Lipinski definition) is 1. The lowest BCUT2D eigenvalue weighted by Gasteiger charge is -2.37. The lowest BCUT2D eigenvalue weighted by molar-refractivity contribution is 0.0696. The number of carboxylic acid groups (broad SMARTS) is 1. The van der Waals surface area contributed by atoms with Crippen LogP contribution in [0.2, 0.25) is 0 Å². The lowest BCUT2D eigenvalue weighted by Crippen LogP contribution is -2.31. The van der Waals surface area contributed by atoms with Crippen LogP contribution in [0.15, 0.2) is 158 Å². The monoisotopic (exact) mass is 1360 g/mol. The van der Waals surface area contributed by atoms with E-state index in [4.69, 9.17) is 27.7 Å². The fourth-order valence-corrected chi connectivity index (χ4v) is 17.0. The van der Waals surface area contributed by atoms with Gasteiger partial charge in [0.1, 0.15) is 34.0 Å². The Bertz CT molecular complexity index is 4160. The molecule has 98 heavy (non-hydrogen) atoms. The Balaban J connectivity index is 0.992. The second-order valence-corrected chi connectivity index (χ2v) is 29.0. The minimum Gasteiger partial charge on any atom is -0.493 e. The van der Waals surface area contributed by atoms with E-state index < -0.39 is 5.97 Å². The number of carbonyl (C=O) groups is 1. The average Bonchev–Trinajstić information content (AvgIpc) is 1.54. The summed E-state index contributed by atoms with van der Waals surface area (Å²) >= 11 is 5.11. The third-order valence-electron chi connectivity index (χ3n) is 19.4. The number of anilines is 3. The van der Waals surface area contributed by atoms with Gasteiger partial charge in [0.2, 0.25) is 0 Å². The molecule has 0 saturated heterocycles. The molecular weight excluding hydrogens is 1270 g/mol. The first kappa shape index (κ1) is 71.1. The molecule has 1 aliphatic carbocycles. The summed E-state index contributed by atoms with van der Waals surface area (Å²) in [4.78, 5) is 19.3. The van der Waals surface area contributed by atoms with E-state index in [1.165, 1.54) is 86.5 Å². The van der Waals surface area contributed by atoms with E-state index in [1.807, 2.05) is 22.7 Å². The minimum atomic E-state index is -0.956. The third-order valence-corrected chi connectivity index (χ3v) is 22.5. The molecule has 1 N–H and O–H groups in total. The lowest BCUT2D eigenvalue weighted by atomic mass is 9.65. The first-order valence-corrected chi connectivity index (χ1v) is 38.7. The Kier molecular flexibility index (Phi) is 25.0. The van der Waals surface area contributed by atoms with Crippen LogP contribution in [0, 0.1) is 23.7 Å². The van der Waals surface area contributed by atoms with Crippen LogP contribution in [0.4, 0.5) is 17.1 Å². The average molecular weight is 1360 g/mol. The first-order chi connectivity index (χ1) is 48.0. The summed E-state index contributed by atoms with van der Waals surface area (Å²) in [5.41, 5.74) is 16.0. The maximum Gasteiger partial charge on any atom is 0.335 e. The van der Waals surface area contributed by atoms with E-state index in [-0.39, 0.29) is 11.0 Å². The predicted octanol–water partition coefficient (Wildman–Crippen LogP) is 25.2. The molecule has 2 atom stereocenters. The molecule has 11 rings (SSSR count). The zero-order chi connectivity index (χ0) is 68.4. The molecule has 0 bridgehead atoms. The van der Waals surface area contributed by atoms with Gasteiger partial charge < -0.3 is 29.0 Å². The largest absolute Gasteiger partial charge is 0.493 e. The molecule has 0 saturated carbocycles. The van der Waals surface area contributed by atoms with Crippen LogP contribution < -0.4 is 23.8 Å². The van der Waals surface area contributed by atoms with E-state index >= 15 is 0 Å². The standard InChI is InChI=1S/C86H97N3O6S3/c1-9-17-23-59(15-7)57-86(58-60(16-8)24-18-10-2)75-55-79(96-83(75)84-76(86)56-80(97-84)74-46-37-65(81-82(74)88-98-87-81)28-25-61-26-29-66(30-27-61)85(90)91)64-35-42-69(43-36-64)89(67-38-31-62(32-39-67)72-47-44-70(92-49-19-11-3)53-77(72)94-51-21-13-5)68-40-33-63(34-41-68)73-48-45-71(93-50-20-12-4)54-78(73)95-52-22-14-6/h26-27,29-48,53-56,59-60H,9-24,49-52,57-58H2,1-8H3,(H,90,91).